The number of nitrogens with one attached hydrogen (secondary N) is 1. The molecule has 0 unspecified atom stereocenters. The van der Waals surface area contributed by atoms with Crippen LogP contribution in [-0.2, 0) is 4.79 Å². The number of amides is 1. The van der Waals surface area contributed by atoms with Gasteiger partial charge in [0, 0.05) is 24.0 Å². The molecule has 1 saturated carbocycles. The van der Waals surface area contributed by atoms with Gasteiger partial charge in [0.05, 0.1) is 21.5 Å². The van der Waals surface area contributed by atoms with Gasteiger partial charge in [0.2, 0.25) is 5.91 Å². The standard InChI is InChI=1S/C18H15Cl2N5OS/c19-13-4-1-5-14(16(13)20)22-15(26)10-27-18-24-23-17(25(18)12-6-7-12)11-3-2-8-21-9-11/h1-5,8-9,12H,6-7,10H2,(H,22,26). The predicted molar refractivity (Wildman–Crippen MR) is 107 cm³/mol. The lowest BCUT2D eigenvalue weighted by Crippen LogP contribution is -2.15. The molecule has 2 heterocycles. The van der Waals surface area contributed by atoms with Gasteiger partial charge in [-0.2, -0.15) is 0 Å². The Labute approximate surface area is 170 Å². The lowest BCUT2D eigenvalue weighted by molar-refractivity contribution is -0.113. The molecule has 3 aromatic rings. The first-order valence-electron chi connectivity index (χ1n) is 8.35. The number of anilines is 1. The van der Waals surface area contributed by atoms with E-state index in [0.717, 1.165) is 29.4 Å². The quantitative estimate of drug-likeness (QED) is 0.585. The molecule has 1 aliphatic carbocycles. The number of hydrogen-bond donors (Lipinski definition) is 1. The van der Waals surface area contributed by atoms with Crippen molar-refractivity contribution in [2.24, 2.45) is 0 Å². The molecule has 27 heavy (non-hydrogen) atoms. The third-order valence-corrected chi connectivity index (χ3v) is 5.82. The lowest BCUT2D eigenvalue weighted by atomic mass is 10.3. The van der Waals surface area contributed by atoms with Crippen LogP contribution in [0.25, 0.3) is 11.4 Å². The molecule has 0 spiro atoms. The van der Waals surface area contributed by atoms with Crippen molar-refractivity contribution in [1.82, 2.24) is 19.7 Å². The summed E-state index contributed by atoms with van der Waals surface area (Å²) in [6.07, 6.45) is 5.67. The smallest absolute Gasteiger partial charge is 0.234 e. The Morgan fingerprint density at radius 2 is 2.07 bits per heavy atom. The van der Waals surface area contributed by atoms with Gasteiger partial charge < -0.3 is 5.32 Å². The van der Waals surface area contributed by atoms with E-state index in [1.807, 2.05) is 12.1 Å². The van der Waals surface area contributed by atoms with Gasteiger partial charge in [0.1, 0.15) is 0 Å². The molecule has 1 aliphatic rings. The summed E-state index contributed by atoms with van der Waals surface area (Å²) >= 11 is 13.4. The normalized spacial score (nSPS) is 13.6. The summed E-state index contributed by atoms with van der Waals surface area (Å²) in [6.45, 7) is 0. The van der Waals surface area contributed by atoms with Crippen molar-refractivity contribution < 1.29 is 4.79 Å². The summed E-state index contributed by atoms with van der Waals surface area (Å²) in [4.78, 5) is 16.5. The van der Waals surface area contributed by atoms with Crippen LogP contribution in [0.5, 0.6) is 0 Å². The van der Waals surface area contributed by atoms with E-state index in [1.165, 1.54) is 11.8 Å². The van der Waals surface area contributed by atoms with Crippen molar-refractivity contribution in [2.75, 3.05) is 11.1 Å². The van der Waals surface area contributed by atoms with Gasteiger partial charge in [0.15, 0.2) is 11.0 Å². The SMILES string of the molecule is O=C(CSc1nnc(-c2cccnc2)n1C1CC1)Nc1cccc(Cl)c1Cl. The monoisotopic (exact) mass is 419 g/mol. The molecule has 0 atom stereocenters. The fourth-order valence-corrected chi connectivity index (χ4v) is 3.80. The van der Waals surface area contributed by atoms with E-state index >= 15 is 0 Å². The average Bonchev–Trinajstić information content (AvgIpc) is 3.43. The van der Waals surface area contributed by atoms with Gasteiger partial charge in [-0.3, -0.25) is 14.3 Å². The van der Waals surface area contributed by atoms with Crippen molar-refractivity contribution in [3.63, 3.8) is 0 Å². The van der Waals surface area contributed by atoms with Crippen molar-refractivity contribution in [1.29, 1.82) is 0 Å². The Morgan fingerprint density at radius 1 is 1.22 bits per heavy atom. The Kier molecular flexibility index (Phi) is 5.33. The van der Waals surface area contributed by atoms with Crippen LogP contribution >= 0.6 is 35.0 Å². The molecule has 1 aromatic carbocycles. The topological polar surface area (TPSA) is 72.7 Å². The maximum Gasteiger partial charge on any atom is 0.234 e. The molecule has 6 nitrogen and oxygen atoms in total. The van der Waals surface area contributed by atoms with Crippen LogP contribution in [0.4, 0.5) is 5.69 Å². The van der Waals surface area contributed by atoms with Crippen molar-refractivity contribution >= 4 is 46.6 Å². The third-order valence-electron chi connectivity index (χ3n) is 4.05. The second kappa shape index (κ2) is 7.88. The Bertz CT molecular complexity index is 975. The molecule has 0 bridgehead atoms. The fourth-order valence-electron chi connectivity index (χ4n) is 2.65. The highest BCUT2D eigenvalue weighted by Gasteiger charge is 2.30. The highest BCUT2D eigenvalue weighted by atomic mass is 35.5. The molecule has 0 radical (unpaired) electrons. The predicted octanol–water partition coefficient (Wildman–Crippen LogP) is 4.71. The maximum atomic E-state index is 12.3. The zero-order valence-corrected chi connectivity index (χ0v) is 16.4. The number of aromatic nitrogens is 4. The minimum absolute atomic E-state index is 0.183. The van der Waals surface area contributed by atoms with Gasteiger partial charge in [-0.05, 0) is 37.1 Å². The van der Waals surface area contributed by atoms with Crippen molar-refractivity contribution in [2.45, 2.75) is 24.0 Å². The van der Waals surface area contributed by atoms with Gasteiger partial charge in [0.25, 0.3) is 0 Å². The Balaban J connectivity index is 1.48. The van der Waals surface area contributed by atoms with E-state index in [0.29, 0.717) is 21.8 Å². The third kappa shape index (κ3) is 4.10. The molecule has 138 valence electrons. The first kappa shape index (κ1) is 18.3. The number of rotatable bonds is 6. The van der Waals surface area contributed by atoms with E-state index in [4.69, 9.17) is 23.2 Å². The minimum Gasteiger partial charge on any atom is -0.324 e. The summed E-state index contributed by atoms with van der Waals surface area (Å²) in [5.74, 6) is 0.796. The summed E-state index contributed by atoms with van der Waals surface area (Å²) in [6, 6.07) is 9.33. The summed E-state index contributed by atoms with van der Waals surface area (Å²) in [5, 5.41) is 12.8. The van der Waals surface area contributed by atoms with Crippen LogP contribution in [0.1, 0.15) is 18.9 Å². The van der Waals surface area contributed by atoms with Gasteiger partial charge >= 0.3 is 0 Å². The Hall–Kier alpha value is -2.09. The van der Waals surface area contributed by atoms with E-state index in [-0.39, 0.29) is 11.7 Å². The number of nitrogens with zero attached hydrogens (tertiary/aromatic N) is 4. The summed E-state index contributed by atoms with van der Waals surface area (Å²) in [7, 11) is 0. The molecule has 2 aromatic heterocycles. The van der Waals surface area contributed by atoms with Gasteiger partial charge in [-0.25, -0.2) is 0 Å². The first-order chi connectivity index (χ1) is 13.1. The van der Waals surface area contributed by atoms with Crippen LogP contribution in [0, 0.1) is 0 Å². The van der Waals surface area contributed by atoms with Crippen molar-refractivity contribution in [3.8, 4) is 11.4 Å². The number of thioether (sulfide) groups is 1. The van der Waals surface area contributed by atoms with E-state index in [2.05, 4.69) is 25.1 Å². The zero-order chi connectivity index (χ0) is 18.8. The Morgan fingerprint density at radius 3 is 2.81 bits per heavy atom. The van der Waals surface area contributed by atoms with E-state index in [9.17, 15) is 4.79 Å². The number of pyridine rings is 1. The molecular formula is C18H15Cl2N5OS. The number of halogens is 2. The molecule has 1 N–H and O–H groups in total. The number of carbonyl (C=O) groups is 1. The largest absolute Gasteiger partial charge is 0.324 e. The molecule has 9 heteroatoms. The van der Waals surface area contributed by atoms with Gasteiger partial charge in [-0.1, -0.05) is 41.0 Å². The first-order valence-corrected chi connectivity index (χ1v) is 10.1. The molecule has 1 amide bonds. The average molecular weight is 420 g/mol. The summed E-state index contributed by atoms with van der Waals surface area (Å²) < 4.78 is 2.10. The van der Waals surface area contributed by atoms with Crippen molar-refractivity contribution in [3.05, 3.63) is 52.8 Å². The fraction of sp³-hybridized carbons (Fsp3) is 0.222. The van der Waals surface area contributed by atoms with Crippen LogP contribution < -0.4 is 5.32 Å². The maximum absolute atomic E-state index is 12.3. The molecular weight excluding hydrogens is 405 g/mol. The highest BCUT2D eigenvalue weighted by Crippen LogP contribution is 2.41. The second-order valence-corrected chi connectivity index (χ2v) is 7.81. The van der Waals surface area contributed by atoms with E-state index < -0.39 is 0 Å². The number of carbonyl (C=O) groups excluding carboxylic acids is 1. The lowest BCUT2D eigenvalue weighted by Gasteiger charge is -2.10. The summed E-state index contributed by atoms with van der Waals surface area (Å²) in [5.41, 5.74) is 1.41. The minimum atomic E-state index is -0.183. The van der Waals surface area contributed by atoms with Gasteiger partial charge in [-0.15, -0.1) is 10.2 Å². The van der Waals surface area contributed by atoms with Crippen LogP contribution in [0.3, 0.4) is 0 Å². The zero-order valence-electron chi connectivity index (χ0n) is 14.1. The number of hydrogen-bond acceptors (Lipinski definition) is 5. The van der Waals surface area contributed by atoms with Crippen LogP contribution in [0.2, 0.25) is 10.0 Å². The van der Waals surface area contributed by atoms with Crippen LogP contribution in [0.15, 0.2) is 47.9 Å². The molecule has 0 aliphatic heterocycles. The molecule has 4 rings (SSSR count). The van der Waals surface area contributed by atoms with Crippen LogP contribution in [-0.4, -0.2) is 31.4 Å². The van der Waals surface area contributed by atoms with E-state index in [1.54, 1.807) is 30.6 Å². The highest BCUT2D eigenvalue weighted by molar-refractivity contribution is 7.99. The second-order valence-electron chi connectivity index (χ2n) is 6.09. The molecule has 1 fully saturated rings. The number of benzene rings is 1. The molecule has 0 saturated heterocycles.